The lowest BCUT2D eigenvalue weighted by Crippen LogP contribution is -2.16. The Balaban J connectivity index is 2.05. The van der Waals surface area contributed by atoms with Crippen LogP contribution in [-0.4, -0.2) is 29.6 Å². The topological polar surface area (TPSA) is 73.3 Å². The van der Waals surface area contributed by atoms with Crippen LogP contribution in [0, 0.1) is 0 Å². The summed E-state index contributed by atoms with van der Waals surface area (Å²) in [6.07, 6.45) is 4.62. The fourth-order valence-electron chi connectivity index (χ4n) is 1.42. The minimum absolute atomic E-state index is 0.00917. The van der Waals surface area contributed by atoms with Crippen molar-refractivity contribution < 1.29 is 14.3 Å². The highest BCUT2D eigenvalue weighted by Crippen LogP contribution is 2.21. The Hall–Kier alpha value is -2.47. The van der Waals surface area contributed by atoms with E-state index in [9.17, 15) is 4.79 Å². The molecular weight excluding hydrogens is 246 g/mol. The third-order valence-corrected chi connectivity index (χ3v) is 2.16. The summed E-state index contributed by atoms with van der Waals surface area (Å²) in [6.45, 7) is 0.00917. The summed E-state index contributed by atoms with van der Waals surface area (Å²) in [7, 11) is 1.47. The fraction of sp³-hybridized carbons (Fsp3) is 0.154. The fourth-order valence-corrected chi connectivity index (χ4v) is 1.42. The first kappa shape index (κ1) is 13.0. The highest BCUT2D eigenvalue weighted by Gasteiger charge is 2.03. The first-order valence-electron chi connectivity index (χ1n) is 5.60. The average molecular weight is 259 g/mol. The number of benzene rings is 1. The van der Waals surface area contributed by atoms with Crippen LogP contribution in [0.4, 0.5) is 5.69 Å². The minimum atomic E-state index is -0.223. The van der Waals surface area contributed by atoms with Gasteiger partial charge in [-0.2, -0.15) is 0 Å². The predicted molar refractivity (Wildman–Crippen MR) is 69.1 cm³/mol. The van der Waals surface area contributed by atoms with E-state index in [4.69, 9.17) is 9.47 Å². The maximum absolute atomic E-state index is 11.4. The van der Waals surface area contributed by atoms with Crippen LogP contribution in [0.5, 0.6) is 11.6 Å². The number of hydrogen-bond acceptors (Lipinski definition) is 5. The van der Waals surface area contributed by atoms with Crippen LogP contribution in [0.15, 0.2) is 42.9 Å². The van der Waals surface area contributed by atoms with Gasteiger partial charge in [0, 0.05) is 31.3 Å². The summed E-state index contributed by atoms with van der Waals surface area (Å²) < 4.78 is 10.2. The molecule has 0 aliphatic rings. The van der Waals surface area contributed by atoms with Crippen molar-refractivity contribution in [1.29, 1.82) is 0 Å². The van der Waals surface area contributed by atoms with Gasteiger partial charge >= 0.3 is 0 Å². The van der Waals surface area contributed by atoms with Gasteiger partial charge in [0.1, 0.15) is 12.4 Å². The Morgan fingerprint density at radius 3 is 3.00 bits per heavy atom. The number of anilines is 1. The Morgan fingerprint density at radius 1 is 1.37 bits per heavy atom. The quantitative estimate of drug-likeness (QED) is 0.887. The Bertz CT molecular complexity index is 546. The average Bonchev–Trinajstić information content (AvgIpc) is 2.40. The van der Waals surface area contributed by atoms with Crippen molar-refractivity contribution in [2.75, 3.05) is 19.0 Å². The molecule has 2 aromatic rings. The third-order valence-electron chi connectivity index (χ3n) is 2.16. The van der Waals surface area contributed by atoms with E-state index in [0.29, 0.717) is 17.3 Å². The summed E-state index contributed by atoms with van der Waals surface area (Å²) in [5, 5.41) is 2.69. The van der Waals surface area contributed by atoms with Gasteiger partial charge in [0.15, 0.2) is 0 Å². The maximum Gasteiger partial charge on any atom is 0.250 e. The van der Waals surface area contributed by atoms with Crippen LogP contribution in [0.2, 0.25) is 0 Å². The van der Waals surface area contributed by atoms with E-state index in [1.54, 1.807) is 36.7 Å². The summed E-state index contributed by atoms with van der Waals surface area (Å²) in [6, 6.07) is 6.99. The number of amides is 1. The molecule has 0 spiro atoms. The van der Waals surface area contributed by atoms with Gasteiger partial charge in [0.25, 0.3) is 0 Å². The van der Waals surface area contributed by atoms with Crippen molar-refractivity contribution >= 4 is 11.6 Å². The van der Waals surface area contributed by atoms with Crippen LogP contribution >= 0.6 is 0 Å². The number of aromatic nitrogens is 2. The number of carbonyl (C=O) groups is 1. The molecule has 0 saturated carbocycles. The number of methoxy groups -OCH3 is 1. The standard InChI is InChI=1S/C13H13N3O3/c1-18-9-12(17)16-10-3-2-4-11(7-10)19-13-8-14-5-6-15-13/h2-8H,9H2,1H3,(H,16,17). The number of rotatable bonds is 5. The molecule has 1 N–H and O–H groups in total. The summed E-state index contributed by atoms with van der Waals surface area (Å²) >= 11 is 0. The highest BCUT2D eigenvalue weighted by atomic mass is 16.5. The number of carbonyl (C=O) groups excluding carboxylic acids is 1. The van der Waals surface area contributed by atoms with Crippen LogP contribution in [0.1, 0.15) is 0 Å². The van der Waals surface area contributed by atoms with E-state index < -0.39 is 0 Å². The van der Waals surface area contributed by atoms with Gasteiger partial charge in [-0.3, -0.25) is 9.78 Å². The van der Waals surface area contributed by atoms with Crippen molar-refractivity contribution in [2.24, 2.45) is 0 Å². The van der Waals surface area contributed by atoms with E-state index in [0.717, 1.165) is 0 Å². The van der Waals surface area contributed by atoms with E-state index >= 15 is 0 Å². The normalized spacial score (nSPS) is 9.95. The molecule has 6 nitrogen and oxygen atoms in total. The number of nitrogens with zero attached hydrogens (tertiary/aromatic N) is 2. The molecule has 0 unspecified atom stereocenters. The predicted octanol–water partition coefficient (Wildman–Crippen LogP) is 1.85. The zero-order valence-corrected chi connectivity index (χ0v) is 10.4. The van der Waals surface area contributed by atoms with Gasteiger partial charge in [0.2, 0.25) is 11.8 Å². The number of ether oxygens (including phenoxy) is 2. The molecular formula is C13H13N3O3. The summed E-state index contributed by atoms with van der Waals surface area (Å²) in [4.78, 5) is 19.3. The van der Waals surface area contributed by atoms with Crippen LogP contribution in [0.3, 0.4) is 0 Å². The lowest BCUT2D eigenvalue weighted by atomic mass is 10.3. The first-order valence-corrected chi connectivity index (χ1v) is 5.60. The maximum atomic E-state index is 11.4. The molecule has 0 aliphatic carbocycles. The van der Waals surface area contributed by atoms with Crippen molar-refractivity contribution in [2.45, 2.75) is 0 Å². The van der Waals surface area contributed by atoms with Crippen molar-refractivity contribution in [3.63, 3.8) is 0 Å². The van der Waals surface area contributed by atoms with E-state index in [1.807, 2.05) is 0 Å². The Labute approximate surface area is 110 Å². The lowest BCUT2D eigenvalue weighted by Gasteiger charge is -2.07. The lowest BCUT2D eigenvalue weighted by molar-refractivity contribution is -0.119. The second-order valence-corrected chi connectivity index (χ2v) is 3.65. The molecule has 1 heterocycles. The smallest absolute Gasteiger partial charge is 0.250 e. The van der Waals surface area contributed by atoms with E-state index in [1.165, 1.54) is 13.3 Å². The van der Waals surface area contributed by atoms with E-state index in [-0.39, 0.29) is 12.5 Å². The zero-order valence-electron chi connectivity index (χ0n) is 10.4. The second kappa shape index (κ2) is 6.46. The van der Waals surface area contributed by atoms with Crippen LogP contribution in [0.25, 0.3) is 0 Å². The van der Waals surface area contributed by atoms with Gasteiger partial charge < -0.3 is 14.8 Å². The van der Waals surface area contributed by atoms with Crippen LogP contribution < -0.4 is 10.1 Å². The largest absolute Gasteiger partial charge is 0.437 e. The minimum Gasteiger partial charge on any atom is -0.437 e. The molecule has 2 rings (SSSR count). The number of nitrogens with one attached hydrogen (secondary N) is 1. The molecule has 0 aliphatic heterocycles. The summed E-state index contributed by atoms with van der Waals surface area (Å²) in [5.74, 6) is 0.734. The van der Waals surface area contributed by atoms with Gasteiger partial charge in [-0.05, 0) is 12.1 Å². The Kier molecular flexibility index (Phi) is 4.41. The molecule has 1 aromatic carbocycles. The van der Waals surface area contributed by atoms with Crippen molar-refractivity contribution in [1.82, 2.24) is 9.97 Å². The molecule has 0 bridgehead atoms. The van der Waals surface area contributed by atoms with Crippen molar-refractivity contribution in [3.05, 3.63) is 42.9 Å². The van der Waals surface area contributed by atoms with Gasteiger partial charge in [-0.1, -0.05) is 6.07 Å². The third kappa shape index (κ3) is 4.04. The molecule has 0 atom stereocenters. The molecule has 6 heteroatoms. The second-order valence-electron chi connectivity index (χ2n) is 3.65. The first-order chi connectivity index (χ1) is 9.28. The molecule has 1 amide bonds. The molecule has 0 saturated heterocycles. The molecule has 1 aromatic heterocycles. The van der Waals surface area contributed by atoms with Crippen LogP contribution in [-0.2, 0) is 9.53 Å². The Morgan fingerprint density at radius 2 is 2.26 bits per heavy atom. The molecule has 0 fully saturated rings. The SMILES string of the molecule is COCC(=O)Nc1cccc(Oc2cnccn2)c1. The highest BCUT2D eigenvalue weighted by molar-refractivity contribution is 5.91. The number of hydrogen-bond donors (Lipinski definition) is 1. The van der Waals surface area contributed by atoms with Crippen molar-refractivity contribution in [3.8, 4) is 11.6 Å². The van der Waals surface area contributed by atoms with Gasteiger partial charge in [-0.15, -0.1) is 0 Å². The monoisotopic (exact) mass is 259 g/mol. The molecule has 98 valence electrons. The molecule has 19 heavy (non-hydrogen) atoms. The van der Waals surface area contributed by atoms with Gasteiger partial charge in [-0.25, -0.2) is 4.98 Å². The summed E-state index contributed by atoms with van der Waals surface area (Å²) in [5.41, 5.74) is 0.628. The van der Waals surface area contributed by atoms with Gasteiger partial charge in [0.05, 0.1) is 6.20 Å². The zero-order chi connectivity index (χ0) is 13.5. The molecule has 0 radical (unpaired) electrons. The van der Waals surface area contributed by atoms with E-state index in [2.05, 4.69) is 15.3 Å².